The van der Waals surface area contributed by atoms with Crippen LogP contribution < -0.4 is 16.6 Å². The maximum Gasteiger partial charge on any atom is 0.331 e. The molecule has 0 saturated carbocycles. The molecule has 2 N–H and O–H groups in total. The van der Waals surface area contributed by atoms with Crippen molar-refractivity contribution >= 4 is 10.9 Å². The van der Waals surface area contributed by atoms with Gasteiger partial charge in [0.15, 0.2) is 0 Å². The van der Waals surface area contributed by atoms with Crippen LogP contribution in [0.3, 0.4) is 0 Å². The fraction of sp³-hybridized carbons (Fsp3) is 0.333. The van der Waals surface area contributed by atoms with Crippen LogP contribution in [0.25, 0.3) is 10.9 Å². The molecule has 0 atom stereocenters. The second kappa shape index (κ2) is 4.66. The topological polar surface area (TPSA) is 76.3 Å². The van der Waals surface area contributed by atoms with Gasteiger partial charge in [0.1, 0.15) is 5.75 Å². The number of aryl methyl sites for hydroxylation is 1. The van der Waals surface area contributed by atoms with Crippen molar-refractivity contribution in [3.8, 4) is 5.75 Å². The summed E-state index contributed by atoms with van der Waals surface area (Å²) in [6.45, 7) is 0.826. The zero-order valence-corrected chi connectivity index (χ0v) is 10.3. The number of hydrogen-bond donors (Lipinski definition) is 2. The predicted molar refractivity (Wildman–Crippen MR) is 69.0 cm³/mol. The highest BCUT2D eigenvalue weighted by atomic mass is 16.3. The molecule has 0 unspecified atom stereocenters. The fourth-order valence-corrected chi connectivity index (χ4v) is 1.92. The van der Waals surface area contributed by atoms with E-state index in [-0.39, 0.29) is 17.0 Å². The number of hydrogen-bond acceptors (Lipinski definition) is 4. The monoisotopic (exact) mass is 249 g/mol. The number of aromatic nitrogens is 2. The summed E-state index contributed by atoms with van der Waals surface area (Å²) in [7, 11) is 3.36. The number of phenolic OH excluding ortho intramolecular Hbond substituents is 1. The molecule has 0 fully saturated rings. The first-order valence-corrected chi connectivity index (χ1v) is 5.63. The van der Waals surface area contributed by atoms with Crippen molar-refractivity contribution in [3.63, 3.8) is 0 Å². The highest BCUT2D eigenvalue weighted by molar-refractivity contribution is 5.79. The van der Waals surface area contributed by atoms with E-state index in [1.54, 1.807) is 20.2 Å². The average Bonchev–Trinajstić information content (AvgIpc) is 2.36. The second-order valence-electron chi connectivity index (χ2n) is 4.10. The number of phenols is 1. The van der Waals surface area contributed by atoms with E-state index in [1.165, 1.54) is 16.7 Å². The van der Waals surface area contributed by atoms with E-state index < -0.39 is 0 Å². The summed E-state index contributed by atoms with van der Waals surface area (Å²) in [5.41, 5.74) is -0.212. The van der Waals surface area contributed by atoms with Crippen molar-refractivity contribution in [2.75, 3.05) is 13.6 Å². The maximum absolute atomic E-state index is 12.2. The van der Waals surface area contributed by atoms with Gasteiger partial charge < -0.3 is 10.4 Å². The molecule has 2 rings (SSSR count). The minimum absolute atomic E-state index is 0.0124. The molecule has 0 aliphatic carbocycles. The van der Waals surface area contributed by atoms with Crippen molar-refractivity contribution in [2.45, 2.75) is 6.54 Å². The molecule has 0 saturated heterocycles. The summed E-state index contributed by atoms with van der Waals surface area (Å²) in [5, 5.41) is 12.7. The van der Waals surface area contributed by atoms with Crippen LogP contribution in [-0.2, 0) is 13.6 Å². The van der Waals surface area contributed by atoms with Gasteiger partial charge in [0.05, 0.1) is 10.9 Å². The molecule has 96 valence electrons. The molecule has 18 heavy (non-hydrogen) atoms. The lowest BCUT2D eigenvalue weighted by atomic mass is 10.2. The Kier molecular flexibility index (Phi) is 3.20. The maximum atomic E-state index is 12.2. The molecule has 1 aromatic carbocycles. The standard InChI is InChI=1S/C12H15N3O3/c1-13-5-6-15-11(17)9-7-8(16)3-4-10(9)14(2)12(15)18/h3-4,7,13,16H,5-6H2,1-2H3. The van der Waals surface area contributed by atoms with Gasteiger partial charge in [0.2, 0.25) is 0 Å². The van der Waals surface area contributed by atoms with E-state index in [4.69, 9.17) is 0 Å². The van der Waals surface area contributed by atoms with Crippen LogP contribution >= 0.6 is 0 Å². The molecule has 6 heteroatoms. The highest BCUT2D eigenvalue weighted by Crippen LogP contribution is 2.14. The molecule has 0 aliphatic rings. The summed E-state index contributed by atoms with van der Waals surface area (Å²) >= 11 is 0. The summed E-state index contributed by atoms with van der Waals surface area (Å²) in [4.78, 5) is 24.2. The molecule has 2 aromatic rings. The Balaban J connectivity index is 2.80. The fourth-order valence-electron chi connectivity index (χ4n) is 1.92. The first kappa shape index (κ1) is 12.4. The van der Waals surface area contributed by atoms with E-state index in [1.807, 2.05) is 0 Å². The summed E-state index contributed by atoms with van der Waals surface area (Å²) in [5.74, 6) is 0.0124. The first-order chi connectivity index (χ1) is 8.56. The Bertz CT molecular complexity index is 700. The van der Waals surface area contributed by atoms with E-state index in [0.717, 1.165) is 4.57 Å². The van der Waals surface area contributed by atoms with Crippen LogP contribution in [-0.4, -0.2) is 27.8 Å². The Labute approximate surface area is 103 Å². The quantitative estimate of drug-likeness (QED) is 0.778. The Hall–Kier alpha value is -2.08. The van der Waals surface area contributed by atoms with E-state index >= 15 is 0 Å². The number of aromatic hydroxyl groups is 1. The molecular weight excluding hydrogens is 234 g/mol. The highest BCUT2D eigenvalue weighted by Gasteiger charge is 2.10. The van der Waals surface area contributed by atoms with Crippen LogP contribution in [0.4, 0.5) is 0 Å². The van der Waals surface area contributed by atoms with E-state index in [2.05, 4.69) is 5.32 Å². The number of fused-ring (bicyclic) bond motifs is 1. The third-order valence-electron chi connectivity index (χ3n) is 2.92. The number of nitrogens with zero attached hydrogens (tertiary/aromatic N) is 2. The Morgan fingerprint density at radius 1 is 1.33 bits per heavy atom. The number of rotatable bonds is 3. The molecule has 1 heterocycles. The molecule has 0 aliphatic heterocycles. The zero-order chi connectivity index (χ0) is 13.3. The van der Waals surface area contributed by atoms with Gasteiger partial charge in [-0.15, -0.1) is 0 Å². The van der Waals surface area contributed by atoms with Gasteiger partial charge in [-0.2, -0.15) is 0 Å². The normalized spacial score (nSPS) is 11.0. The number of nitrogens with one attached hydrogen (secondary N) is 1. The van der Waals surface area contributed by atoms with Gasteiger partial charge in [-0.1, -0.05) is 0 Å². The van der Waals surface area contributed by atoms with Crippen LogP contribution in [0.5, 0.6) is 5.75 Å². The molecule has 0 radical (unpaired) electrons. The molecular formula is C12H15N3O3. The summed E-state index contributed by atoms with van der Waals surface area (Å²) in [6, 6.07) is 4.40. The number of likely N-dealkylation sites (N-methyl/N-ethyl adjacent to an activating group) is 1. The molecule has 0 spiro atoms. The molecule has 0 amide bonds. The van der Waals surface area contributed by atoms with Gasteiger partial charge in [0.25, 0.3) is 5.56 Å². The van der Waals surface area contributed by atoms with Crippen LogP contribution in [0.2, 0.25) is 0 Å². The molecule has 6 nitrogen and oxygen atoms in total. The SMILES string of the molecule is CNCCn1c(=O)c2cc(O)ccc2n(C)c1=O. The Morgan fingerprint density at radius 2 is 2.06 bits per heavy atom. The molecule has 1 aromatic heterocycles. The van der Waals surface area contributed by atoms with Crippen LogP contribution in [0.1, 0.15) is 0 Å². The van der Waals surface area contributed by atoms with Gasteiger partial charge in [0, 0.05) is 20.1 Å². The van der Waals surface area contributed by atoms with E-state index in [9.17, 15) is 14.7 Å². The lowest BCUT2D eigenvalue weighted by molar-refractivity contribution is 0.475. The second-order valence-corrected chi connectivity index (χ2v) is 4.10. The largest absolute Gasteiger partial charge is 0.508 e. The van der Waals surface area contributed by atoms with Crippen molar-refractivity contribution in [3.05, 3.63) is 39.0 Å². The van der Waals surface area contributed by atoms with Crippen LogP contribution in [0, 0.1) is 0 Å². The summed E-state index contributed by atoms with van der Waals surface area (Å²) in [6.07, 6.45) is 0. The van der Waals surface area contributed by atoms with Gasteiger partial charge in [-0.25, -0.2) is 4.79 Å². The lowest BCUT2D eigenvalue weighted by Gasteiger charge is -2.10. The Morgan fingerprint density at radius 3 is 2.72 bits per heavy atom. The van der Waals surface area contributed by atoms with Crippen molar-refractivity contribution in [1.82, 2.24) is 14.5 Å². The van der Waals surface area contributed by atoms with E-state index in [0.29, 0.717) is 24.0 Å². The van der Waals surface area contributed by atoms with Gasteiger partial charge >= 0.3 is 5.69 Å². The number of benzene rings is 1. The van der Waals surface area contributed by atoms with Crippen molar-refractivity contribution in [2.24, 2.45) is 7.05 Å². The first-order valence-electron chi connectivity index (χ1n) is 5.63. The van der Waals surface area contributed by atoms with Gasteiger partial charge in [-0.05, 0) is 25.2 Å². The third kappa shape index (κ3) is 1.91. The minimum atomic E-state index is -0.376. The third-order valence-corrected chi connectivity index (χ3v) is 2.92. The van der Waals surface area contributed by atoms with Gasteiger partial charge in [-0.3, -0.25) is 13.9 Å². The van der Waals surface area contributed by atoms with Crippen LogP contribution in [0.15, 0.2) is 27.8 Å². The predicted octanol–water partition coefficient (Wildman–Crippen LogP) is -0.375. The smallest absolute Gasteiger partial charge is 0.331 e. The lowest BCUT2D eigenvalue weighted by Crippen LogP contribution is -2.40. The van der Waals surface area contributed by atoms with Crippen molar-refractivity contribution in [1.29, 1.82) is 0 Å². The van der Waals surface area contributed by atoms with Crippen molar-refractivity contribution < 1.29 is 5.11 Å². The average molecular weight is 249 g/mol. The minimum Gasteiger partial charge on any atom is -0.508 e. The summed E-state index contributed by atoms with van der Waals surface area (Å²) < 4.78 is 2.57. The zero-order valence-electron chi connectivity index (χ0n) is 10.3. The molecule has 0 bridgehead atoms.